The maximum Gasteiger partial charge on any atom is 0.254 e. The molecule has 0 spiro atoms. The van der Waals surface area contributed by atoms with Crippen LogP contribution < -0.4 is 5.48 Å². The average molecular weight is 411 g/mol. The Labute approximate surface area is 177 Å². The monoisotopic (exact) mass is 410 g/mol. The van der Waals surface area contributed by atoms with Crippen molar-refractivity contribution in [1.82, 2.24) is 10.4 Å². The predicted molar refractivity (Wildman–Crippen MR) is 116 cm³/mol. The lowest BCUT2D eigenvalue weighted by atomic mass is 10.0. The number of carbonyl (C=O) groups excluding carboxylic acids is 1. The highest BCUT2D eigenvalue weighted by atomic mass is 16.5. The molecule has 0 bridgehead atoms. The van der Waals surface area contributed by atoms with Gasteiger partial charge in [0.05, 0.1) is 24.9 Å². The van der Waals surface area contributed by atoms with E-state index >= 15 is 0 Å². The van der Waals surface area contributed by atoms with E-state index in [4.69, 9.17) is 4.74 Å². The van der Waals surface area contributed by atoms with Gasteiger partial charge in [0, 0.05) is 19.1 Å². The SMILES string of the molecule is C=C(NO)[C@@H]1C[C@](O)(COC)CN1C(=O)c1ccc(-c2ccc(CCC)cc2)cc1. The molecule has 3 rings (SSSR count). The third-order valence-electron chi connectivity index (χ3n) is 5.59. The molecule has 2 aromatic rings. The molecule has 1 aliphatic heterocycles. The number of hydrogen-bond acceptors (Lipinski definition) is 5. The summed E-state index contributed by atoms with van der Waals surface area (Å²) in [5.41, 5.74) is 5.06. The Bertz CT molecular complexity index is 879. The zero-order valence-electron chi connectivity index (χ0n) is 17.6. The van der Waals surface area contributed by atoms with E-state index in [-0.39, 0.29) is 31.2 Å². The van der Waals surface area contributed by atoms with Gasteiger partial charge in [0.2, 0.25) is 0 Å². The largest absolute Gasteiger partial charge is 0.386 e. The molecule has 3 N–H and O–H groups in total. The molecule has 0 radical (unpaired) electrons. The van der Waals surface area contributed by atoms with Gasteiger partial charge < -0.3 is 14.7 Å². The van der Waals surface area contributed by atoms with Crippen LogP contribution in [-0.2, 0) is 11.2 Å². The number of likely N-dealkylation sites (tertiary alicyclic amines) is 1. The van der Waals surface area contributed by atoms with E-state index < -0.39 is 11.6 Å². The smallest absolute Gasteiger partial charge is 0.254 e. The van der Waals surface area contributed by atoms with Crippen molar-refractivity contribution in [2.24, 2.45) is 0 Å². The molecule has 30 heavy (non-hydrogen) atoms. The van der Waals surface area contributed by atoms with Crippen LogP contribution in [0.3, 0.4) is 0 Å². The summed E-state index contributed by atoms with van der Waals surface area (Å²) in [7, 11) is 1.50. The third-order valence-corrected chi connectivity index (χ3v) is 5.59. The predicted octanol–water partition coefficient (Wildman–Crippen LogP) is 3.39. The number of rotatable bonds is 8. The van der Waals surface area contributed by atoms with Crippen LogP contribution in [-0.4, -0.2) is 53.0 Å². The van der Waals surface area contributed by atoms with Gasteiger partial charge in [-0.3, -0.25) is 15.5 Å². The van der Waals surface area contributed by atoms with Crippen LogP contribution in [0.4, 0.5) is 0 Å². The van der Waals surface area contributed by atoms with Crippen LogP contribution in [0, 0.1) is 0 Å². The summed E-state index contributed by atoms with van der Waals surface area (Å²) in [6, 6.07) is 15.4. The van der Waals surface area contributed by atoms with Gasteiger partial charge in [-0.1, -0.05) is 56.3 Å². The summed E-state index contributed by atoms with van der Waals surface area (Å²) in [4.78, 5) is 14.7. The fourth-order valence-corrected chi connectivity index (χ4v) is 4.06. The van der Waals surface area contributed by atoms with Crippen molar-refractivity contribution in [3.63, 3.8) is 0 Å². The minimum absolute atomic E-state index is 0.0962. The number of β-amino-alcohol motifs (C(OH)–C–C–N with tert-alkyl or cyclic N) is 1. The number of nitrogens with one attached hydrogen (secondary N) is 1. The summed E-state index contributed by atoms with van der Waals surface area (Å²) in [6.45, 7) is 6.14. The number of aliphatic hydroxyl groups is 1. The summed E-state index contributed by atoms with van der Waals surface area (Å²) < 4.78 is 5.11. The maximum atomic E-state index is 13.2. The molecule has 2 aromatic carbocycles. The normalized spacial score (nSPS) is 20.9. The summed E-state index contributed by atoms with van der Waals surface area (Å²) in [5, 5.41) is 20.0. The minimum Gasteiger partial charge on any atom is -0.386 e. The molecule has 0 aliphatic carbocycles. The molecule has 1 saturated heterocycles. The van der Waals surface area contributed by atoms with Gasteiger partial charge in [0.15, 0.2) is 0 Å². The lowest BCUT2D eigenvalue weighted by Crippen LogP contribution is -2.41. The van der Waals surface area contributed by atoms with Crippen molar-refractivity contribution in [2.45, 2.75) is 37.8 Å². The number of nitrogens with zero attached hydrogens (tertiary/aromatic N) is 1. The number of benzene rings is 2. The van der Waals surface area contributed by atoms with Crippen LogP contribution in [0.15, 0.2) is 60.8 Å². The lowest BCUT2D eigenvalue weighted by molar-refractivity contribution is -0.0219. The van der Waals surface area contributed by atoms with Crippen molar-refractivity contribution >= 4 is 5.91 Å². The Balaban J connectivity index is 1.79. The van der Waals surface area contributed by atoms with Crippen LogP contribution in [0.5, 0.6) is 0 Å². The lowest BCUT2D eigenvalue weighted by Gasteiger charge is -2.25. The van der Waals surface area contributed by atoms with E-state index in [0.717, 1.165) is 24.0 Å². The number of methoxy groups -OCH3 is 1. The highest BCUT2D eigenvalue weighted by Crippen LogP contribution is 2.32. The molecule has 6 nitrogen and oxygen atoms in total. The number of hydrogen-bond donors (Lipinski definition) is 3. The Kier molecular flexibility index (Phi) is 6.92. The highest BCUT2D eigenvalue weighted by molar-refractivity contribution is 5.95. The van der Waals surface area contributed by atoms with E-state index in [9.17, 15) is 15.1 Å². The van der Waals surface area contributed by atoms with Crippen LogP contribution in [0.1, 0.15) is 35.7 Å². The Morgan fingerprint density at radius 1 is 1.20 bits per heavy atom. The summed E-state index contributed by atoms with van der Waals surface area (Å²) >= 11 is 0. The van der Waals surface area contributed by atoms with Gasteiger partial charge in [-0.15, -0.1) is 0 Å². The van der Waals surface area contributed by atoms with Crippen molar-refractivity contribution in [2.75, 3.05) is 20.3 Å². The van der Waals surface area contributed by atoms with E-state index in [1.165, 1.54) is 17.6 Å². The van der Waals surface area contributed by atoms with E-state index in [1.807, 2.05) is 17.6 Å². The quantitative estimate of drug-likeness (QED) is 0.581. The first-order chi connectivity index (χ1) is 14.4. The van der Waals surface area contributed by atoms with Gasteiger partial charge in [-0.25, -0.2) is 0 Å². The fourth-order valence-electron chi connectivity index (χ4n) is 4.06. The number of amides is 1. The molecule has 0 aromatic heterocycles. The first-order valence-electron chi connectivity index (χ1n) is 10.2. The van der Waals surface area contributed by atoms with Gasteiger partial charge in [-0.2, -0.15) is 0 Å². The second kappa shape index (κ2) is 9.43. The molecule has 1 fully saturated rings. The Morgan fingerprint density at radius 3 is 2.33 bits per heavy atom. The van der Waals surface area contributed by atoms with Gasteiger partial charge >= 0.3 is 0 Å². The molecule has 0 unspecified atom stereocenters. The first-order valence-corrected chi connectivity index (χ1v) is 10.2. The molecule has 1 heterocycles. The number of carbonyl (C=O) groups is 1. The van der Waals surface area contributed by atoms with Crippen molar-refractivity contribution in [1.29, 1.82) is 0 Å². The molecular formula is C24H30N2O4. The van der Waals surface area contributed by atoms with Crippen LogP contribution >= 0.6 is 0 Å². The molecule has 2 atom stereocenters. The summed E-state index contributed by atoms with van der Waals surface area (Å²) in [5.74, 6) is -0.228. The van der Waals surface area contributed by atoms with Crippen LogP contribution in [0.2, 0.25) is 0 Å². The summed E-state index contributed by atoms with van der Waals surface area (Å²) in [6.07, 6.45) is 2.42. The zero-order chi connectivity index (χ0) is 21.7. The van der Waals surface area contributed by atoms with E-state index in [1.54, 1.807) is 12.1 Å². The Morgan fingerprint density at radius 2 is 1.80 bits per heavy atom. The van der Waals surface area contributed by atoms with Crippen molar-refractivity contribution in [3.05, 3.63) is 71.9 Å². The molecule has 6 heteroatoms. The molecule has 160 valence electrons. The van der Waals surface area contributed by atoms with E-state index in [0.29, 0.717) is 5.56 Å². The Hall–Kier alpha value is -2.67. The topological polar surface area (TPSA) is 82.0 Å². The molecule has 0 saturated carbocycles. The highest BCUT2D eigenvalue weighted by Gasteiger charge is 2.46. The molecule has 1 aliphatic rings. The second-order valence-corrected chi connectivity index (χ2v) is 7.97. The number of ether oxygens (including phenoxy) is 1. The van der Waals surface area contributed by atoms with Crippen LogP contribution in [0.25, 0.3) is 11.1 Å². The fraction of sp³-hybridized carbons (Fsp3) is 0.375. The van der Waals surface area contributed by atoms with Gasteiger partial charge in [0.1, 0.15) is 5.60 Å². The third kappa shape index (κ3) is 4.73. The molecular weight excluding hydrogens is 380 g/mol. The minimum atomic E-state index is -1.19. The zero-order valence-corrected chi connectivity index (χ0v) is 17.6. The number of hydroxylamine groups is 1. The number of aryl methyl sites for hydroxylation is 1. The average Bonchev–Trinajstić information content (AvgIpc) is 3.11. The maximum absolute atomic E-state index is 13.2. The molecule has 1 amide bonds. The first kappa shape index (κ1) is 22.0. The van der Waals surface area contributed by atoms with Gasteiger partial charge in [0.25, 0.3) is 5.91 Å². The van der Waals surface area contributed by atoms with Gasteiger partial charge in [-0.05, 0) is 35.2 Å². The van der Waals surface area contributed by atoms with Crippen molar-refractivity contribution in [3.8, 4) is 11.1 Å². The van der Waals surface area contributed by atoms with E-state index in [2.05, 4.69) is 37.8 Å². The standard InChI is InChI=1S/C24H30N2O4/c1-4-5-18-6-8-19(9-7-18)20-10-12-21(13-11-20)23(27)26-15-24(28,16-30-3)14-22(26)17(2)25-29/h6-13,22,25,28-29H,2,4-5,14-16H2,1,3H3/t22-,24+/m0/s1. The van der Waals surface area contributed by atoms with Crippen molar-refractivity contribution < 1.29 is 19.8 Å². The second-order valence-electron chi connectivity index (χ2n) is 7.97.